The van der Waals surface area contributed by atoms with Crippen LogP contribution in [-0.2, 0) is 9.84 Å². The van der Waals surface area contributed by atoms with Crippen LogP contribution >= 0.6 is 23.2 Å². The van der Waals surface area contributed by atoms with E-state index in [9.17, 15) is 18.0 Å². The molecule has 2 aromatic rings. The minimum atomic E-state index is -3.50. The lowest BCUT2D eigenvalue weighted by molar-refractivity contribution is 0.0846. The minimum absolute atomic E-state index is 0.0480. The van der Waals surface area contributed by atoms with Crippen molar-refractivity contribution in [2.24, 2.45) is 0 Å². The van der Waals surface area contributed by atoms with Crippen LogP contribution in [0.3, 0.4) is 0 Å². The second-order valence-electron chi connectivity index (χ2n) is 4.80. The molecule has 0 heterocycles. The number of hydrogen-bond donors (Lipinski definition) is 2. The number of carbonyl (C=O) groups excluding carboxylic acids is 2. The molecule has 2 rings (SSSR count). The van der Waals surface area contributed by atoms with E-state index >= 15 is 0 Å². The number of carbonyl (C=O) groups is 2. The fraction of sp³-hybridized carbons (Fsp3) is 0.0667. The summed E-state index contributed by atoms with van der Waals surface area (Å²) in [4.78, 5) is 24.0. The van der Waals surface area contributed by atoms with E-state index < -0.39 is 21.7 Å². The molecule has 9 heteroatoms. The fourth-order valence-corrected chi connectivity index (χ4v) is 2.87. The maximum atomic E-state index is 12.1. The molecular formula is C15H12Cl2N2O4S. The molecule has 2 amide bonds. The van der Waals surface area contributed by atoms with Gasteiger partial charge in [0, 0.05) is 6.26 Å². The van der Waals surface area contributed by atoms with Crippen molar-refractivity contribution in [1.29, 1.82) is 0 Å². The van der Waals surface area contributed by atoms with Crippen molar-refractivity contribution >= 4 is 44.9 Å². The van der Waals surface area contributed by atoms with Gasteiger partial charge in [-0.2, -0.15) is 0 Å². The Bertz CT molecular complexity index is 913. The third-order valence-corrected chi connectivity index (χ3v) is 4.79. The van der Waals surface area contributed by atoms with E-state index in [1.807, 2.05) is 0 Å². The smallest absolute Gasteiger partial charge is 0.267 e. The zero-order valence-corrected chi connectivity index (χ0v) is 14.7. The summed E-state index contributed by atoms with van der Waals surface area (Å²) in [6.45, 7) is 0. The topological polar surface area (TPSA) is 92.3 Å². The van der Waals surface area contributed by atoms with Crippen LogP contribution < -0.4 is 10.9 Å². The van der Waals surface area contributed by atoms with Crippen LogP contribution in [0.1, 0.15) is 20.7 Å². The van der Waals surface area contributed by atoms with Crippen LogP contribution in [0.4, 0.5) is 0 Å². The SMILES string of the molecule is CS(=O)(=O)c1ccc(Cl)c(C(=O)NNC(=O)c2ccccc2Cl)c1. The van der Waals surface area contributed by atoms with E-state index in [0.29, 0.717) is 0 Å². The van der Waals surface area contributed by atoms with Crippen LogP contribution in [0.2, 0.25) is 10.0 Å². The highest BCUT2D eigenvalue weighted by Crippen LogP contribution is 2.20. The summed E-state index contributed by atoms with van der Waals surface area (Å²) >= 11 is 11.8. The van der Waals surface area contributed by atoms with Gasteiger partial charge in [-0.3, -0.25) is 20.4 Å². The Balaban J connectivity index is 2.16. The first-order valence-corrected chi connectivity index (χ1v) is 9.19. The quantitative estimate of drug-likeness (QED) is 0.792. The molecule has 0 aromatic heterocycles. The van der Waals surface area contributed by atoms with Gasteiger partial charge in [0.1, 0.15) is 0 Å². The zero-order valence-electron chi connectivity index (χ0n) is 12.3. The summed E-state index contributed by atoms with van der Waals surface area (Å²) in [6, 6.07) is 10.0. The van der Waals surface area contributed by atoms with Crippen molar-refractivity contribution in [1.82, 2.24) is 10.9 Å². The molecule has 0 aliphatic rings. The van der Waals surface area contributed by atoms with Crippen molar-refractivity contribution in [2.45, 2.75) is 4.90 Å². The lowest BCUT2D eigenvalue weighted by atomic mass is 10.2. The number of halogens is 2. The molecular weight excluding hydrogens is 375 g/mol. The first-order valence-electron chi connectivity index (χ1n) is 6.55. The van der Waals surface area contributed by atoms with E-state index in [0.717, 1.165) is 12.3 Å². The maximum Gasteiger partial charge on any atom is 0.271 e. The second-order valence-corrected chi connectivity index (χ2v) is 7.63. The Labute approximate surface area is 148 Å². The monoisotopic (exact) mass is 386 g/mol. The molecule has 0 aliphatic carbocycles. The Morgan fingerprint density at radius 2 is 1.42 bits per heavy atom. The van der Waals surface area contributed by atoms with Crippen molar-refractivity contribution in [3.8, 4) is 0 Å². The number of amides is 2. The van der Waals surface area contributed by atoms with Gasteiger partial charge in [-0.1, -0.05) is 35.3 Å². The van der Waals surface area contributed by atoms with Crippen LogP contribution in [0.25, 0.3) is 0 Å². The van der Waals surface area contributed by atoms with E-state index in [2.05, 4.69) is 10.9 Å². The molecule has 6 nitrogen and oxygen atoms in total. The number of nitrogens with one attached hydrogen (secondary N) is 2. The highest BCUT2D eigenvalue weighted by atomic mass is 35.5. The molecule has 24 heavy (non-hydrogen) atoms. The second kappa shape index (κ2) is 7.21. The Kier molecular flexibility index (Phi) is 5.48. The van der Waals surface area contributed by atoms with Crippen molar-refractivity contribution in [2.75, 3.05) is 6.26 Å². The molecule has 2 aromatic carbocycles. The van der Waals surface area contributed by atoms with E-state index in [4.69, 9.17) is 23.2 Å². The average Bonchev–Trinajstić information content (AvgIpc) is 2.52. The fourth-order valence-electron chi connectivity index (χ4n) is 1.80. The number of rotatable bonds is 3. The lowest BCUT2D eigenvalue weighted by Gasteiger charge is -2.10. The van der Waals surface area contributed by atoms with Crippen LogP contribution in [-0.4, -0.2) is 26.5 Å². The molecule has 0 fully saturated rings. The normalized spacial score (nSPS) is 11.0. The van der Waals surface area contributed by atoms with Crippen molar-refractivity contribution < 1.29 is 18.0 Å². The highest BCUT2D eigenvalue weighted by molar-refractivity contribution is 7.90. The summed E-state index contributed by atoms with van der Waals surface area (Å²) in [7, 11) is -3.50. The van der Waals surface area contributed by atoms with Gasteiger partial charge in [-0.15, -0.1) is 0 Å². The average molecular weight is 387 g/mol. The van der Waals surface area contributed by atoms with E-state index in [-0.39, 0.29) is 26.1 Å². The summed E-state index contributed by atoms with van der Waals surface area (Å²) in [5.74, 6) is -1.38. The lowest BCUT2D eigenvalue weighted by Crippen LogP contribution is -2.41. The first kappa shape index (κ1) is 18.3. The van der Waals surface area contributed by atoms with Crippen molar-refractivity contribution in [3.05, 3.63) is 63.6 Å². The Morgan fingerprint density at radius 3 is 2.00 bits per heavy atom. The van der Waals surface area contributed by atoms with E-state index in [1.54, 1.807) is 12.1 Å². The minimum Gasteiger partial charge on any atom is -0.267 e. The highest BCUT2D eigenvalue weighted by Gasteiger charge is 2.17. The third-order valence-electron chi connectivity index (χ3n) is 3.02. The number of hydrazine groups is 1. The zero-order chi connectivity index (χ0) is 17.9. The number of sulfone groups is 1. The van der Waals surface area contributed by atoms with Crippen LogP contribution in [0.5, 0.6) is 0 Å². The molecule has 0 saturated heterocycles. The summed E-state index contributed by atoms with van der Waals surface area (Å²) in [6.07, 6.45) is 1.01. The summed E-state index contributed by atoms with van der Waals surface area (Å²) in [5.41, 5.74) is 4.45. The van der Waals surface area contributed by atoms with Gasteiger partial charge in [-0.05, 0) is 30.3 Å². The molecule has 0 unspecified atom stereocenters. The van der Waals surface area contributed by atoms with Gasteiger partial charge in [0.2, 0.25) is 0 Å². The molecule has 126 valence electrons. The Hall–Kier alpha value is -2.09. The maximum absolute atomic E-state index is 12.1. The molecule has 0 bridgehead atoms. The van der Waals surface area contributed by atoms with E-state index in [1.165, 1.54) is 24.3 Å². The molecule has 0 atom stereocenters. The van der Waals surface area contributed by atoms with Crippen molar-refractivity contribution in [3.63, 3.8) is 0 Å². The molecule has 2 N–H and O–H groups in total. The standard InChI is InChI=1S/C15H12Cl2N2O4S/c1-24(22,23)9-6-7-13(17)11(8-9)15(21)19-18-14(20)10-4-2-3-5-12(10)16/h2-8H,1H3,(H,18,20)(H,19,21). The van der Waals surface area contributed by atoms with Gasteiger partial charge in [0.25, 0.3) is 11.8 Å². The number of benzene rings is 2. The van der Waals surface area contributed by atoms with Gasteiger partial charge in [0.15, 0.2) is 9.84 Å². The Morgan fingerprint density at radius 1 is 0.875 bits per heavy atom. The van der Waals surface area contributed by atoms with Gasteiger partial charge in [0.05, 0.1) is 26.1 Å². The molecule has 0 aliphatic heterocycles. The molecule has 0 saturated carbocycles. The van der Waals surface area contributed by atoms with Crippen LogP contribution in [0, 0.1) is 0 Å². The van der Waals surface area contributed by atoms with Gasteiger partial charge >= 0.3 is 0 Å². The third kappa shape index (κ3) is 4.25. The predicted octanol–water partition coefficient (Wildman–Crippen LogP) is 2.47. The first-order chi connectivity index (χ1) is 11.2. The van der Waals surface area contributed by atoms with Gasteiger partial charge in [-0.25, -0.2) is 8.42 Å². The number of hydrogen-bond acceptors (Lipinski definition) is 4. The summed E-state index contributed by atoms with van der Waals surface area (Å²) in [5, 5.41) is 0.272. The predicted molar refractivity (Wildman–Crippen MR) is 90.9 cm³/mol. The molecule has 0 spiro atoms. The summed E-state index contributed by atoms with van der Waals surface area (Å²) < 4.78 is 23.1. The largest absolute Gasteiger partial charge is 0.271 e. The van der Waals surface area contributed by atoms with Gasteiger partial charge < -0.3 is 0 Å². The molecule has 0 radical (unpaired) electrons. The van der Waals surface area contributed by atoms with Crippen LogP contribution in [0.15, 0.2) is 47.4 Å².